The maximum absolute atomic E-state index is 3.61. The Bertz CT molecular complexity index is 348. The zero-order chi connectivity index (χ0) is 10.8. The molecule has 0 aliphatic carbocycles. The number of hydrogen-bond acceptors (Lipinski definition) is 2. The van der Waals surface area contributed by atoms with Crippen LogP contribution in [0.1, 0.15) is 37.4 Å². The van der Waals surface area contributed by atoms with Gasteiger partial charge in [0.1, 0.15) is 0 Å². The Balaban J connectivity index is 2.35. The molecule has 2 atom stereocenters. The molecule has 0 amide bonds. The van der Waals surface area contributed by atoms with Crippen molar-refractivity contribution >= 4 is 11.8 Å². The molecule has 0 saturated heterocycles. The summed E-state index contributed by atoms with van der Waals surface area (Å²) in [6.45, 7) is 7.73. The molecule has 0 saturated carbocycles. The molecular formula is C13H19NS. The minimum Gasteiger partial charge on any atom is -0.309 e. The number of aryl methyl sites for hydroxylation is 1. The van der Waals surface area contributed by atoms with Crippen LogP contribution in [0.25, 0.3) is 0 Å². The third-order valence-corrected chi connectivity index (χ3v) is 4.75. The van der Waals surface area contributed by atoms with Crippen LogP contribution in [0.3, 0.4) is 0 Å². The van der Waals surface area contributed by atoms with Crippen LogP contribution in [-0.4, -0.2) is 11.8 Å². The second-order valence-corrected chi connectivity index (χ2v) is 5.34. The van der Waals surface area contributed by atoms with Crippen LogP contribution in [0, 0.1) is 6.92 Å². The summed E-state index contributed by atoms with van der Waals surface area (Å²) in [7, 11) is 0. The third kappa shape index (κ3) is 1.93. The maximum atomic E-state index is 3.61. The van der Waals surface area contributed by atoms with Gasteiger partial charge in [-0.05, 0) is 31.0 Å². The quantitative estimate of drug-likeness (QED) is 0.838. The number of nitrogens with one attached hydrogen (secondary N) is 1. The van der Waals surface area contributed by atoms with E-state index in [0.717, 1.165) is 6.54 Å². The van der Waals surface area contributed by atoms with Crippen molar-refractivity contribution in [3.8, 4) is 0 Å². The minimum atomic E-state index is 0.555. The first-order chi connectivity index (χ1) is 7.27. The van der Waals surface area contributed by atoms with Crippen molar-refractivity contribution in [3.05, 3.63) is 29.3 Å². The Morgan fingerprint density at radius 2 is 2.13 bits per heavy atom. The summed E-state index contributed by atoms with van der Waals surface area (Å²) in [6.07, 6.45) is 1.23. The van der Waals surface area contributed by atoms with Crippen LogP contribution < -0.4 is 5.32 Å². The molecule has 82 valence electrons. The van der Waals surface area contributed by atoms with E-state index in [1.54, 1.807) is 0 Å². The molecule has 1 aromatic rings. The Morgan fingerprint density at radius 1 is 1.33 bits per heavy atom. The van der Waals surface area contributed by atoms with Crippen LogP contribution in [-0.2, 0) is 0 Å². The van der Waals surface area contributed by atoms with Crippen molar-refractivity contribution < 1.29 is 0 Å². The van der Waals surface area contributed by atoms with Crippen molar-refractivity contribution in [2.24, 2.45) is 0 Å². The van der Waals surface area contributed by atoms with Gasteiger partial charge in [0.05, 0.1) is 0 Å². The smallest absolute Gasteiger partial charge is 0.0455 e. The van der Waals surface area contributed by atoms with Crippen molar-refractivity contribution in [2.45, 2.75) is 43.4 Å². The van der Waals surface area contributed by atoms with E-state index in [1.165, 1.54) is 22.4 Å². The second kappa shape index (κ2) is 4.58. The molecule has 15 heavy (non-hydrogen) atoms. The van der Waals surface area contributed by atoms with Gasteiger partial charge in [-0.25, -0.2) is 0 Å². The predicted octanol–water partition coefficient (Wildman–Crippen LogP) is 3.53. The van der Waals surface area contributed by atoms with Gasteiger partial charge in [0.2, 0.25) is 0 Å². The zero-order valence-corrected chi connectivity index (χ0v) is 10.5. The van der Waals surface area contributed by atoms with Gasteiger partial charge in [-0.2, -0.15) is 0 Å². The summed E-state index contributed by atoms with van der Waals surface area (Å²) in [4.78, 5) is 1.51. The van der Waals surface area contributed by atoms with E-state index >= 15 is 0 Å². The Labute approximate surface area is 96.7 Å². The van der Waals surface area contributed by atoms with Gasteiger partial charge in [-0.1, -0.05) is 32.0 Å². The van der Waals surface area contributed by atoms with Gasteiger partial charge in [0, 0.05) is 16.2 Å². The summed E-state index contributed by atoms with van der Waals surface area (Å²) >= 11 is 2.05. The fraction of sp³-hybridized carbons (Fsp3) is 0.538. The summed E-state index contributed by atoms with van der Waals surface area (Å²) in [6, 6.07) is 7.22. The highest BCUT2D eigenvalue weighted by Gasteiger charge is 2.31. The van der Waals surface area contributed by atoms with Crippen molar-refractivity contribution in [2.75, 3.05) is 6.54 Å². The standard InChI is InChI=1S/C13H19NS/c1-4-11-12(14-5-2)10-8-6-7-9(3)13(10)15-11/h6-8,11-12,14H,4-5H2,1-3H3. The predicted molar refractivity (Wildman–Crippen MR) is 67.5 cm³/mol. The van der Waals surface area contributed by atoms with E-state index in [0.29, 0.717) is 11.3 Å². The normalized spacial score (nSPS) is 24.2. The average Bonchev–Trinajstić information content (AvgIpc) is 2.59. The molecule has 0 bridgehead atoms. The first kappa shape index (κ1) is 11.0. The van der Waals surface area contributed by atoms with Crippen LogP contribution >= 0.6 is 11.8 Å². The van der Waals surface area contributed by atoms with Crippen molar-refractivity contribution in [1.82, 2.24) is 5.32 Å². The third-order valence-electron chi connectivity index (χ3n) is 3.04. The molecule has 2 heteroatoms. The van der Waals surface area contributed by atoms with Crippen LogP contribution in [0.2, 0.25) is 0 Å². The topological polar surface area (TPSA) is 12.0 Å². The number of hydrogen-bond donors (Lipinski definition) is 1. The van der Waals surface area contributed by atoms with Crippen LogP contribution in [0.4, 0.5) is 0 Å². The van der Waals surface area contributed by atoms with E-state index in [-0.39, 0.29) is 0 Å². The molecule has 1 heterocycles. The fourth-order valence-corrected chi connectivity index (χ4v) is 3.71. The van der Waals surface area contributed by atoms with E-state index < -0.39 is 0 Å². The molecule has 1 nitrogen and oxygen atoms in total. The molecule has 1 aliphatic heterocycles. The molecule has 2 unspecified atom stereocenters. The molecule has 1 aromatic carbocycles. The van der Waals surface area contributed by atoms with Gasteiger partial charge in [-0.3, -0.25) is 0 Å². The molecule has 0 spiro atoms. The fourth-order valence-electron chi connectivity index (χ4n) is 2.28. The van der Waals surface area contributed by atoms with Gasteiger partial charge < -0.3 is 5.32 Å². The van der Waals surface area contributed by atoms with E-state index in [9.17, 15) is 0 Å². The molecule has 2 rings (SSSR count). The molecule has 1 N–H and O–H groups in total. The number of benzene rings is 1. The highest BCUT2D eigenvalue weighted by Crippen LogP contribution is 2.46. The molecular weight excluding hydrogens is 202 g/mol. The molecule has 1 aliphatic rings. The summed E-state index contributed by atoms with van der Waals surface area (Å²) in [5, 5.41) is 4.32. The second-order valence-electron chi connectivity index (χ2n) is 4.09. The van der Waals surface area contributed by atoms with Crippen molar-refractivity contribution in [1.29, 1.82) is 0 Å². The summed E-state index contributed by atoms with van der Waals surface area (Å²) in [5.74, 6) is 0. The number of rotatable bonds is 3. The number of fused-ring (bicyclic) bond motifs is 1. The molecule has 0 fully saturated rings. The van der Waals surface area contributed by atoms with E-state index in [1.807, 2.05) is 11.8 Å². The van der Waals surface area contributed by atoms with E-state index in [4.69, 9.17) is 0 Å². The summed E-state index contributed by atoms with van der Waals surface area (Å²) < 4.78 is 0. The van der Waals surface area contributed by atoms with Gasteiger partial charge >= 0.3 is 0 Å². The van der Waals surface area contributed by atoms with Gasteiger partial charge in [-0.15, -0.1) is 11.8 Å². The van der Waals surface area contributed by atoms with Gasteiger partial charge in [0.25, 0.3) is 0 Å². The lowest BCUT2D eigenvalue weighted by Gasteiger charge is -2.18. The molecule has 0 aromatic heterocycles. The lowest BCUT2D eigenvalue weighted by Crippen LogP contribution is -2.26. The Morgan fingerprint density at radius 3 is 2.80 bits per heavy atom. The first-order valence-corrected chi connectivity index (χ1v) is 6.65. The first-order valence-electron chi connectivity index (χ1n) is 5.77. The average molecular weight is 221 g/mol. The lowest BCUT2D eigenvalue weighted by molar-refractivity contribution is 0.527. The zero-order valence-electron chi connectivity index (χ0n) is 9.71. The van der Waals surface area contributed by atoms with Crippen LogP contribution in [0.15, 0.2) is 23.1 Å². The summed E-state index contributed by atoms with van der Waals surface area (Å²) in [5.41, 5.74) is 2.94. The highest BCUT2D eigenvalue weighted by atomic mass is 32.2. The van der Waals surface area contributed by atoms with Gasteiger partial charge in [0.15, 0.2) is 0 Å². The van der Waals surface area contributed by atoms with Crippen molar-refractivity contribution in [3.63, 3.8) is 0 Å². The highest BCUT2D eigenvalue weighted by molar-refractivity contribution is 8.00. The largest absolute Gasteiger partial charge is 0.309 e. The SMILES string of the molecule is CCNC1c2cccc(C)c2SC1CC. The Kier molecular flexibility index (Phi) is 3.37. The Hall–Kier alpha value is -0.470. The van der Waals surface area contributed by atoms with E-state index in [2.05, 4.69) is 44.3 Å². The lowest BCUT2D eigenvalue weighted by atomic mass is 10.0. The van der Waals surface area contributed by atoms with Crippen LogP contribution in [0.5, 0.6) is 0 Å². The number of thioether (sulfide) groups is 1. The maximum Gasteiger partial charge on any atom is 0.0455 e. The monoisotopic (exact) mass is 221 g/mol. The molecule has 0 radical (unpaired) electrons. The minimum absolute atomic E-state index is 0.555.